The molecule has 8 heteroatoms. The summed E-state index contributed by atoms with van der Waals surface area (Å²) in [4.78, 5) is 25.5. The number of hydrogen-bond donors (Lipinski definition) is 1. The summed E-state index contributed by atoms with van der Waals surface area (Å²) in [6, 6.07) is 1.36. The van der Waals surface area contributed by atoms with Gasteiger partial charge in [0.05, 0.1) is 19.9 Å². The van der Waals surface area contributed by atoms with E-state index in [1.54, 1.807) is 0 Å². The van der Waals surface area contributed by atoms with Crippen LogP contribution in [0.1, 0.15) is 0 Å². The summed E-state index contributed by atoms with van der Waals surface area (Å²) in [6.45, 7) is 0. The van der Waals surface area contributed by atoms with Crippen LogP contribution >= 0.6 is 0 Å². The first kappa shape index (κ1) is 12.6. The van der Waals surface area contributed by atoms with Crippen molar-refractivity contribution in [1.29, 1.82) is 0 Å². The van der Waals surface area contributed by atoms with E-state index in [9.17, 15) is 9.59 Å². The number of carbonyl (C=O) groups is 2. The third-order valence-electron chi connectivity index (χ3n) is 1.60. The molecule has 1 heterocycles. The van der Waals surface area contributed by atoms with Gasteiger partial charge in [0, 0.05) is 6.20 Å². The van der Waals surface area contributed by atoms with E-state index in [1.807, 2.05) is 0 Å². The summed E-state index contributed by atoms with van der Waals surface area (Å²) in [6.07, 6.45) is -0.755. The minimum absolute atomic E-state index is 0.0595. The van der Waals surface area contributed by atoms with Gasteiger partial charge in [0.2, 0.25) is 5.75 Å². The smallest absolute Gasteiger partial charge is 0.437 e. The molecule has 0 radical (unpaired) electrons. The van der Waals surface area contributed by atoms with Crippen molar-refractivity contribution in [2.45, 2.75) is 0 Å². The Kier molecular flexibility index (Phi) is 4.09. The number of nitrogens with two attached hydrogens (primary N) is 1. The predicted molar refractivity (Wildman–Crippen MR) is 54.7 cm³/mol. The van der Waals surface area contributed by atoms with Crippen LogP contribution in [0.15, 0.2) is 12.3 Å². The highest BCUT2D eigenvalue weighted by molar-refractivity contribution is 5.72. The fraction of sp³-hybridized carbons (Fsp3) is 0.222. The maximum absolute atomic E-state index is 10.9. The molecule has 92 valence electrons. The highest BCUT2D eigenvalue weighted by Gasteiger charge is 2.18. The molecule has 0 aromatic carbocycles. The second-order valence-corrected chi connectivity index (χ2v) is 2.65. The summed E-state index contributed by atoms with van der Waals surface area (Å²) in [7, 11) is 2.24. The van der Waals surface area contributed by atoms with Crippen LogP contribution in [-0.4, -0.2) is 31.5 Å². The summed E-state index contributed by atoms with van der Waals surface area (Å²) >= 11 is 0. The largest absolute Gasteiger partial charge is 0.515 e. The lowest BCUT2D eigenvalue weighted by molar-refractivity contribution is 0.109. The lowest BCUT2D eigenvalue weighted by Gasteiger charge is -2.09. The Bertz CT molecular complexity index is 433. The van der Waals surface area contributed by atoms with Crippen LogP contribution in [-0.2, 0) is 9.47 Å². The third-order valence-corrected chi connectivity index (χ3v) is 1.60. The van der Waals surface area contributed by atoms with E-state index in [-0.39, 0.29) is 17.3 Å². The molecule has 1 rings (SSSR count). The number of pyridine rings is 1. The van der Waals surface area contributed by atoms with Crippen molar-refractivity contribution >= 4 is 18.0 Å². The number of carbonyl (C=O) groups excluding carboxylic acids is 2. The molecule has 0 saturated carbocycles. The van der Waals surface area contributed by atoms with Crippen LogP contribution in [0, 0.1) is 0 Å². The number of rotatable bonds is 2. The zero-order chi connectivity index (χ0) is 12.8. The van der Waals surface area contributed by atoms with Gasteiger partial charge in [-0.1, -0.05) is 0 Å². The topological polar surface area (TPSA) is 110 Å². The average Bonchev–Trinajstić information content (AvgIpc) is 2.33. The van der Waals surface area contributed by atoms with Crippen LogP contribution in [0.5, 0.6) is 11.6 Å². The first-order valence-corrected chi connectivity index (χ1v) is 4.34. The van der Waals surface area contributed by atoms with Crippen molar-refractivity contribution in [3.63, 3.8) is 0 Å². The zero-order valence-electron chi connectivity index (χ0n) is 9.13. The lowest BCUT2D eigenvalue weighted by Crippen LogP contribution is -2.14. The van der Waals surface area contributed by atoms with Crippen LogP contribution in [0.3, 0.4) is 0 Å². The molecule has 0 atom stereocenters. The van der Waals surface area contributed by atoms with Gasteiger partial charge < -0.3 is 24.7 Å². The Hall–Kier alpha value is -2.51. The summed E-state index contributed by atoms with van der Waals surface area (Å²) in [5, 5.41) is 0. The maximum Gasteiger partial charge on any atom is 0.515 e. The highest BCUT2D eigenvalue weighted by Crippen LogP contribution is 2.31. The van der Waals surface area contributed by atoms with Crippen molar-refractivity contribution in [1.82, 2.24) is 4.98 Å². The van der Waals surface area contributed by atoms with Gasteiger partial charge in [-0.15, -0.1) is 0 Å². The van der Waals surface area contributed by atoms with Crippen LogP contribution < -0.4 is 15.2 Å². The van der Waals surface area contributed by atoms with Gasteiger partial charge in [-0.3, -0.25) is 0 Å². The Labute approximate surface area is 96.2 Å². The first-order chi connectivity index (χ1) is 8.08. The maximum atomic E-state index is 10.9. The van der Waals surface area contributed by atoms with Gasteiger partial charge in [-0.05, 0) is 6.07 Å². The SMILES string of the molecule is COC(=O)Oc1nccc(N)c1OC(=O)OC. The van der Waals surface area contributed by atoms with E-state index < -0.39 is 12.3 Å². The second-order valence-electron chi connectivity index (χ2n) is 2.65. The van der Waals surface area contributed by atoms with Crippen molar-refractivity contribution < 1.29 is 28.5 Å². The lowest BCUT2D eigenvalue weighted by atomic mass is 10.4. The molecule has 0 aliphatic rings. The van der Waals surface area contributed by atoms with Gasteiger partial charge >= 0.3 is 12.3 Å². The van der Waals surface area contributed by atoms with Gasteiger partial charge in [0.1, 0.15) is 0 Å². The van der Waals surface area contributed by atoms with Crippen LogP contribution in [0.4, 0.5) is 15.3 Å². The fourth-order valence-corrected chi connectivity index (χ4v) is 0.864. The Morgan fingerprint density at radius 2 is 1.76 bits per heavy atom. The average molecular weight is 242 g/mol. The summed E-state index contributed by atoms with van der Waals surface area (Å²) < 4.78 is 17.9. The number of nitrogen functional groups attached to an aromatic ring is 1. The molecule has 1 aromatic heterocycles. The van der Waals surface area contributed by atoms with Crippen molar-refractivity contribution in [2.24, 2.45) is 0 Å². The van der Waals surface area contributed by atoms with Crippen LogP contribution in [0.25, 0.3) is 0 Å². The molecule has 0 aliphatic carbocycles. The Morgan fingerprint density at radius 3 is 2.35 bits per heavy atom. The van der Waals surface area contributed by atoms with E-state index >= 15 is 0 Å². The van der Waals surface area contributed by atoms with Crippen molar-refractivity contribution in [3.05, 3.63) is 12.3 Å². The summed E-state index contributed by atoms with van der Waals surface area (Å²) in [5.41, 5.74) is 5.60. The van der Waals surface area contributed by atoms with E-state index in [1.165, 1.54) is 12.3 Å². The normalized spacial score (nSPS) is 9.29. The highest BCUT2D eigenvalue weighted by atomic mass is 16.7. The van der Waals surface area contributed by atoms with E-state index in [0.29, 0.717) is 0 Å². The zero-order valence-corrected chi connectivity index (χ0v) is 9.13. The number of ether oxygens (including phenoxy) is 4. The molecule has 8 nitrogen and oxygen atoms in total. The molecule has 0 bridgehead atoms. The van der Waals surface area contributed by atoms with Crippen molar-refractivity contribution in [3.8, 4) is 11.6 Å². The van der Waals surface area contributed by atoms with Crippen LogP contribution in [0.2, 0.25) is 0 Å². The molecule has 1 aromatic rings. The number of nitrogens with zero attached hydrogens (tertiary/aromatic N) is 1. The standard InChI is InChI=1S/C9H10N2O6/c1-14-8(12)16-6-5(10)3-4-11-7(6)17-9(13)15-2/h3-4H,1-2H3,(H2,10,11). The molecule has 2 N–H and O–H groups in total. The molecule has 0 amide bonds. The minimum Gasteiger partial charge on any atom is -0.437 e. The van der Waals surface area contributed by atoms with E-state index in [2.05, 4.69) is 23.9 Å². The molecule has 0 spiro atoms. The van der Waals surface area contributed by atoms with Gasteiger partial charge in [-0.25, -0.2) is 14.6 Å². The molecular weight excluding hydrogens is 232 g/mol. The van der Waals surface area contributed by atoms with E-state index in [4.69, 9.17) is 5.73 Å². The second kappa shape index (κ2) is 5.54. The van der Waals surface area contributed by atoms with E-state index in [0.717, 1.165) is 14.2 Å². The fourth-order valence-electron chi connectivity index (χ4n) is 0.864. The Morgan fingerprint density at radius 1 is 1.18 bits per heavy atom. The summed E-state index contributed by atoms with van der Waals surface area (Å²) in [5.74, 6) is -0.507. The number of anilines is 1. The molecule has 0 unspecified atom stereocenters. The van der Waals surface area contributed by atoms with Gasteiger partial charge in [0.15, 0.2) is 0 Å². The van der Waals surface area contributed by atoms with Gasteiger partial charge in [0.25, 0.3) is 5.88 Å². The Balaban J connectivity index is 2.99. The minimum atomic E-state index is -1.02. The first-order valence-electron chi connectivity index (χ1n) is 4.34. The number of methoxy groups -OCH3 is 2. The quantitative estimate of drug-likeness (QED) is 0.763. The molecule has 0 fully saturated rings. The molecule has 17 heavy (non-hydrogen) atoms. The van der Waals surface area contributed by atoms with Gasteiger partial charge in [-0.2, -0.15) is 0 Å². The molecule has 0 saturated heterocycles. The monoisotopic (exact) mass is 242 g/mol. The number of hydrogen-bond acceptors (Lipinski definition) is 8. The number of aromatic nitrogens is 1. The predicted octanol–water partition coefficient (Wildman–Crippen LogP) is 0.954. The van der Waals surface area contributed by atoms with Crippen molar-refractivity contribution in [2.75, 3.05) is 20.0 Å². The molecular formula is C9H10N2O6. The third kappa shape index (κ3) is 3.23. The molecule has 0 aliphatic heterocycles.